The average molecular weight is 393 g/mol. The first-order valence-electron chi connectivity index (χ1n) is 9.47. The van der Waals surface area contributed by atoms with Crippen LogP contribution in [-0.2, 0) is 22.7 Å². The summed E-state index contributed by atoms with van der Waals surface area (Å²) in [6.45, 7) is 1.21. The molecule has 7 heteroatoms. The van der Waals surface area contributed by atoms with E-state index in [1.165, 1.54) is 9.80 Å². The van der Waals surface area contributed by atoms with Gasteiger partial charge in [0, 0.05) is 19.6 Å². The summed E-state index contributed by atoms with van der Waals surface area (Å²) >= 11 is 0. The minimum Gasteiger partial charge on any atom is -0.445 e. The Morgan fingerprint density at radius 1 is 0.897 bits per heavy atom. The Labute approximate surface area is 170 Å². The Bertz CT molecular complexity index is 851. The number of piperazine rings is 1. The molecule has 150 valence electrons. The highest BCUT2D eigenvalue weighted by molar-refractivity contribution is 5.71. The molecule has 0 aromatic heterocycles. The van der Waals surface area contributed by atoms with Crippen LogP contribution in [-0.4, -0.2) is 47.7 Å². The van der Waals surface area contributed by atoms with Crippen LogP contribution in [0.25, 0.3) is 0 Å². The van der Waals surface area contributed by atoms with Crippen molar-refractivity contribution in [3.63, 3.8) is 0 Å². The molecule has 1 saturated heterocycles. The summed E-state index contributed by atoms with van der Waals surface area (Å²) < 4.78 is 10.8. The summed E-state index contributed by atoms with van der Waals surface area (Å²) in [7, 11) is 0. The molecule has 0 unspecified atom stereocenters. The lowest BCUT2D eigenvalue weighted by molar-refractivity contribution is 0.0335. The van der Waals surface area contributed by atoms with Crippen molar-refractivity contribution in [1.82, 2.24) is 9.80 Å². The topological polar surface area (TPSA) is 82.9 Å². The lowest BCUT2D eigenvalue weighted by Gasteiger charge is -2.39. The number of hydrogen-bond acceptors (Lipinski definition) is 5. The van der Waals surface area contributed by atoms with Crippen LogP contribution < -0.4 is 0 Å². The highest BCUT2D eigenvalue weighted by Crippen LogP contribution is 2.16. The lowest BCUT2D eigenvalue weighted by Crippen LogP contribution is -2.56. The van der Waals surface area contributed by atoms with E-state index in [0.29, 0.717) is 13.1 Å². The molecule has 1 aliphatic heterocycles. The van der Waals surface area contributed by atoms with Crippen molar-refractivity contribution in [1.29, 1.82) is 5.26 Å². The van der Waals surface area contributed by atoms with E-state index >= 15 is 0 Å². The molecular weight excluding hydrogens is 370 g/mol. The fourth-order valence-corrected chi connectivity index (χ4v) is 3.15. The van der Waals surface area contributed by atoms with Crippen LogP contribution in [0, 0.1) is 11.3 Å². The predicted octanol–water partition coefficient (Wildman–Crippen LogP) is 3.56. The second-order valence-corrected chi connectivity index (χ2v) is 6.74. The fourth-order valence-electron chi connectivity index (χ4n) is 3.15. The minimum absolute atomic E-state index is 0.114. The largest absolute Gasteiger partial charge is 0.445 e. The van der Waals surface area contributed by atoms with Gasteiger partial charge < -0.3 is 19.3 Å². The van der Waals surface area contributed by atoms with Crippen LogP contribution in [0.2, 0.25) is 0 Å². The van der Waals surface area contributed by atoms with Crippen LogP contribution >= 0.6 is 0 Å². The lowest BCUT2D eigenvalue weighted by atomic mass is 10.1. The van der Waals surface area contributed by atoms with Gasteiger partial charge in [-0.1, -0.05) is 60.7 Å². The zero-order valence-electron chi connectivity index (χ0n) is 16.1. The maximum absolute atomic E-state index is 12.5. The van der Waals surface area contributed by atoms with Gasteiger partial charge in [-0.05, 0) is 11.1 Å². The molecule has 29 heavy (non-hydrogen) atoms. The van der Waals surface area contributed by atoms with E-state index in [1.807, 2.05) is 60.7 Å². The summed E-state index contributed by atoms with van der Waals surface area (Å²) in [6.07, 6.45) is -0.816. The Hall–Kier alpha value is -3.53. The number of nitriles is 1. The van der Waals surface area contributed by atoms with Crippen molar-refractivity contribution in [3.05, 3.63) is 71.8 Å². The zero-order chi connectivity index (χ0) is 20.5. The molecule has 7 nitrogen and oxygen atoms in total. The molecule has 0 saturated carbocycles. The monoisotopic (exact) mass is 393 g/mol. The van der Waals surface area contributed by atoms with Crippen LogP contribution in [0.15, 0.2) is 60.7 Å². The normalized spacial score (nSPS) is 16.0. The summed E-state index contributed by atoms with van der Waals surface area (Å²) in [4.78, 5) is 28.0. The second kappa shape index (κ2) is 10.1. The first-order chi connectivity index (χ1) is 14.2. The number of rotatable bonds is 5. The number of amides is 2. The molecule has 1 aliphatic rings. The van der Waals surface area contributed by atoms with Gasteiger partial charge in [0.05, 0.1) is 18.5 Å². The van der Waals surface area contributed by atoms with Crippen molar-refractivity contribution < 1.29 is 19.1 Å². The van der Waals surface area contributed by atoms with Gasteiger partial charge in [0.15, 0.2) is 0 Å². The Balaban J connectivity index is 1.53. The predicted molar refractivity (Wildman–Crippen MR) is 106 cm³/mol. The van der Waals surface area contributed by atoms with Crippen molar-refractivity contribution >= 4 is 12.2 Å². The maximum Gasteiger partial charge on any atom is 0.410 e. The van der Waals surface area contributed by atoms with E-state index in [4.69, 9.17) is 14.7 Å². The Morgan fingerprint density at radius 2 is 1.45 bits per heavy atom. The highest BCUT2D eigenvalue weighted by atomic mass is 16.6. The standard InChI is InChI=1S/C22H23N3O4/c23-12-11-20-15-24(21(26)28-16-18-7-3-1-4-8-18)13-14-25(20)22(27)29-17-19-9-5-2-6-10-19/h1-10,20H,11,13-17H2/t20-/m0/s1. The second-order valence-electron chi connectivity index (χ2n) is 6.74. The molecule has 0 aliphatic carbocycles. The molecule has 2 aromatic rings. The molecule has 2 amide bonds. The third-order valence-corrected chi connectivity index (χ3v) is 4.71. The van der Waals surface area contributed by atoms with Crippen LogP contribution in [0.5, 0.6) is 0 Å². The van der Waals surface area contributed by atoms with Gasteiger partial charge in [0.1, 0.15) is 13.2 Å². The summed E-state index contributed by atoms with van der Waals surface area (Å²) in [5.74, 6) is 0. The maximum atomic E-state index is 12.5. The quantitative estimate of drug-likeness (QED) is 0.776. The van der Waals surface area contributed by atoms with Gasteiger partial charge in [0.2, 0.25) is 0 Å². The summed E-state index contributed by atoms with van der Waals surface area (Å²) in [5, 5.41) is 9.14. The van der Waals surface area contributed by atoms with Gasteiger partial charge in [-0.25, -0.2) is 9.59 Å². The molecule has 0 radical (unpaired) electrons. The average Bonchev–Trinajstić information content (AvgIpc) is 2.77. The molecule has 3 rings (SSSR count). The van der Waals surface area contributed by atoms with E-state index in [2.05, 4.69) is 6.07 Å². The van der Waals surface area contributed by atoms with Crippen molar-refractivity contribution in [2.24, 2.45) is 0 Å². The third kappa shape index (κ3) is 5.72. The van der Waals surface area contributed by atoms with E-state index in [-0.39, 0.29) is 26.2 Å². The SMILES string of the molecule is N#CC[C@H]1CN(C(=O)OCc2ccccc2)CCN1C(=O)OCc1ccccc1. The van der Waals surface area contributed by atoms with Gasteiger partial charge in [-0.3, -0.25) is 0 Å². The number of carbonyl (C=O) groups excluding carboxylic acids is 2. The third-order valence-electron chi connectivity index (χ3n) is 4.71. The molecular formula is C22H23N3O4. The minimum atomic E-state index is -0.480. The summed E-state index contributed by atoms with van der Waals surface area (Å²) in [6, 6.07) is 20.5. The van der Waals surface area contributed by atoms with E-state index in [9.17, 15) is 9.59 Å². The highest BCUT2D eigenvalue weighted by Gasteiger charge is 2.34. The number of nitrogens with zero attached hydrogens (tertiary/aromatic N) is 3. The van der Waals surface area contributed by atoms with Gasteiger partial charge >= 0.3 is 12.2 Å². The molecule has 1 atom stereocenters. The number of ether oxygens (including phenoxy) is 2. The molecule has 0 N–H and O–H groups in total. The molecule has 1 fully saturated rings. The van der Waals surface area contributed by atoms with Crippen LogP contribution in [0.4, 0.5) is 9.59 Å². The first-order valence-corrected chi connectivity index (χ1v) is 9.47. The van der Waals surface area contributed by atoms with Crippen LogP contribution in [0.3, 0.4) is 0 Å². The van der Waals surface area contributed by atoms with Gasteiger partial charge in [-0.15, -0.1) is 0 Å². The zero-order valence-corrected chi connectivity index (χ0v) is 16.1. The van der Waals surface area contributed by atoms with E-state index in [0.717, 1.165) is 11.1 Å². The summed E-state index contributed by atoms with van der Waals surface area (Å²) in [5.41, 5.74) is 1.79. The molecule has 2 aromatic carbocycles. The van der Waals surface area contributed by atoms with E-state index < -0.39 is 18.2 Å². The smallest absolute Gasteiger partial charge is 0.410 e. The van der Waals surface area contributed by atoms with Crippen molar-refractivity contribution in [3.8, 4) is 6.07 Å². The van der Waals surface area contributed by atoms with Gasteiger partial charge in [0.25, 0.3) is 0 Å². The molecule has 1 heterocycles. The molecule has 0 bridgehead atoms. The van der Waals surface area contributed by atoms with Crippen molar-refractivity contribution in [2.75, 3.05) is 19.6 Å². The number of carbonyl (C=O) groups is 2. The van der Waals surface area contributed by atoms with Gasteiger partial charge in [-0.2, -0.15) is 5.26 Å². The van der Waals surface area contributed by atoms with Crippen LogP contribution in [0.1, 0.15) is 17.5 Å². The number of hydrogen-bond donors (Lipinski definition) is 0. The first kappa shape index (κ1) is 20.2. The molecule has 0 spiro atoms. The van der Waals surface area contributed by atoms with Crippen molar-refractivity contribution in [2.45, 2.75) is 25.7 Å². The number of benzene rings is 2. The van der Waals surface area contributed by atoms with E-state index in [1.54, 1.807) is 0 Å². The fraction of sp³-hybridized carbons (Fsp3) is 0.318. The Morgan fingerprint density at radius 3 is 2.00 bits per heavy atom. The Kier molecular flexibility index (Phi) is 7.06.